The molecule has 0 aliphatic heterocycles. The van der Waals surface area contributed by atoms with Crippen molar-refractivity contribution in [1.29, 1.82) is 0 Å². The molecule has 0 atom stereocenters. The lowest BCUT2D eigenvalue weighted by Crippen LogP contribution is -2.06. The van der Waals surface area contributed by atoms with E-state index in [1.54, 1.807) is 24.3 Å². The monoisotopic (exact) mass is 325 g/mol. The van der Waals surface area contributed by atoms with E-state index in [-0.39, 0.29) is 0 Å². The molecular weight excluding hydrogens is 310 g/mol. The Labute approximate surface area is 136 Å². The van der Waals surface area contributed by atoms with Crippen LogP contribution in [0, 0.1) is 0 Å². The minimum absolute atomic E-state index is 0.704. The average Bonchev–Trinajstić information content (AvgIpc) is 3.15. The summed E-state index contributed by atoms with van der Waals surface area (Å²) in [6.45, 7) is 0.765. The maximum absolute atomic E-state index is 5.89. The number of rotatable bonds is 5. The van der Waals surface area contributed by atoms with Crippen LogP contribution >= 0.6 is 11.8 Å². The Morgan fingerprint density at radius 1 is 1.22 bits per heavy atom. The highest BCUT2D eigenvalue weighted by Gasteiger charge is 2.12. The number of hydrogen-bond donors (Lipinski definition) is 1. The van der Waals surface area contributed by atoms with Crippen molar-refractivity contribution in [2.45, 2.75) is 5.16 Å². The van der Waals surface area contributed by atoms with E-state index in [4.69, 9.17) is 4.42 Å². The Kier molecular flexibility index (Phi) is 3.63. The molecule has 7 heteroatoms. The number of thioether (sulfide) groups is 1. The van der Waals surface area contributed by atoms with Gasteiger partial charge in [0.05, 0.1) is 0 Å². The quantitative estimate of drug-likeness (QED) is 0.448. The summed E-state index contributed by atoms with van der Waals surface area (Å²) < 4.78 is 7.90. The van der Waals surface area contributed by atoms with Gasteiger partial charge in [0.15, 0.2) is 16.6 Å². The van der Waals surface area contributed by atoms with Crippen LogP contribution in [-0.4, -0.2) is 31.8 Å². The molecule has 0 spiro atoms. The first-order valence-electron chi connectivity index (χ1n) is 7.29. The fraction of sp³-hybridized carbons (Fsp3) is 0.188. The van der Waals surface area contributed by atoms with Crippen molar-refractivity contribution in [3.05, 3.63) is 43.0 Å². The molecule has 0 amide bonds. The third-order valence-corrected chi connectivity index (χ3v) is 4.62. The first-order valence-corrected chi connectivity index (χ1v) is 8.28. The van der Waals surface area contributed by atoms with Crippen LogP contribution in [-0.2, 0) is 7.05 Å². The number of aromatic nitrogens is 4. The Bertz CT molecular complexity index is 961. The Hall–Kier alpha value is -2.54. The van der Waals surface area contributed by atoms with E-state index in [1.165, 1.54) is 0 Å². The highest BCUT2D eigenvalue weighted by molar-refractivity contribution is 7.99. The van der Waals surface area contributed by atoms with Crippen molar-refractivity contribution < 1.29 is 4.42 Å². The lowest BCUT2D eigenvalue weighted by atomic mass is 10.2. The minimum atomic E-state index is 0.704. The Morgan fingerprint density at radius 3 is 3.00 bits per heavy atom. The van der Waals surface area contributed by atoms with Gasteiger partial charge in [0, 0.05) is 37.1 Å². The number of aryl methyl sites for hydroxylation is 1. The van der Waals surface area contributed by atoms with Gasteiger partial charge in [0.25, 0.3) is 0 Å². The topological polar surface area (TPSA) is 68.8 Å². The molecule has 0 saturated heterocycles. The standard InChI is InChI=1S/C16H15N5OS/c1-21-8-6-18-16(21)23-9-7-17-15-14-13(19-10-20-15)11-4-2-3-5-12(11)22-14/h2-6,8,10H,7,9H2,1H3,(H,17,19,20). The molecule has 4 aromatic rings. The summed E-state index contributed by atoms with van der Waals surface area (Å²) in [6, 6.07) is 7.89. The highest BCUT2D eigenvalue weighted by Crippen LogP contribution is 2.30. The van der Waals surface area contributed by atoms with Gasteiger partial charge in [0.1, 0.15) is 17.4 Å². The van der Waals surface area contributed by atoms with Gasteiger partial charge >= 0.3 is 0 Å². The van der Waals surface area contributed by atoms with Crippen LogP contribution in [0.2, 0.25) is 0 Å². The third-order valence-electron chi connectivity index (χ3n) is 3.56. The van der Waals surface area contributed by atoms with Crippen LogP contribution < -0.4 is 5.32 Å². The first-order chi connectivity index (χ1) is 11.3. The summed E-state index contributed by atoms with van der Waals surface area (Å²) in [5.74, 6) is 1.61. The maximum Gasteiger partial charge on any atom is 0.196 e. The van der Waals surface area contributed by atoms with Crippen molar-refractivity contribution >= 4 is 39.6 Å². The van der Waals surface area contributed by atoms with E-state index in [0.29, 0.717) is 5.58 Å². The molecule has 3 heterocycles. The number of benzene rings is 1. The number of para-hydroxylation sites is 1. The van der Waals surface area contributed by atoms with Crippen molar-refractivity contribution in [3.63, 3.8) is 0 Å². The molecule has 4 rings (SSSR count). The largest absolute Gasteiger partial charge is 0.450 e. The van der Waals surface area contributed by atoms with Gasteiger partial charge in [-0.3, -0.25) is 0 Å². The molecule has 3 aromatic heterocycles. The molecule has 1 N–H and O–H groups in total. The second-order valence-electron chi connectivity index (χ2n) is 5.09. The van der Waals surface area contributed by atoms with E-state index in [1.807, 2.05) is 42.1 Å². The van der Waals surface area contributed by atoms with Gasteiger partial charge in [-0.25, -0.2) is 15.0 Å². The predicted molar refractivity (Wildman–Crippen MR) is 91.7 cm³/mol. The Morgan fingerprint density at radius 2 is 2.13 bits per heavy atom. The zero-order chi connectivity index (χ0) is 15.6. The lowest BCUT2D eigenvalue weighted by molar-refractivity contribution is 0.666. The number of fused-ring (bicyclic) bond motifs is 3. The molecular formula is C16H15N5OS. The van der Waals surface area contributed by atoms with Gasteiger partial charge in [-0.05, 0) is 12.1 Å². The van der Waals surface area contributed by atoms with Crippen LogP contribution in [0.1, 0.15) is 0 Å². The predicted octanol–water partition coefficient (Wildman–Crippen LogP) is 3.31. The number of furan rings is 1. The summed E-state index contributed by atoms with van der Waals surface area (Å²) in [5, 5.41) is 5.34. The number of nitrogens with zero attached hydrogens (tertiary/aromatic N) is 4. The lowest BCUT2D eigenvalue weighted by Gasteiger charge is -2.05. The minimum Gasteiger partial charge on any atom is -0.450 e. The van der Waals surface area contributed by atoms with Gasteiger partial charge in [-0.2, -0.15) is 0 Å². The van der Waals surface area contributed by atoms with Crippen molar-refractivity contribution in [1.82, 2.24) is 19.5 Å². The molecule has 0 aliphatic carbocycles. The zero-order valence-electron chi connectivity index (χ0n) is 12.6. The molecule has 6 nitrogen and oxygen atoms in total. The van der Waals surface area contributed by atoms with Gasteiger partial charge < -0.3 is 14.3 Å². The SMILES string of the molecule is Cn1ccnc1SCCNc1ncnc2c1oc1ccccc12. The maximum atomic E-state index is 5.89. The molecule has 1 aromatic carbocycles. The van der Waals surface area contributed by atoms with Crippen LogP contribution in [0.15, 0.2) is 52.6 Å². The van der Waals surface area contributed by atoms with Crippen LogP contribution in [0.25, 0.3) is 22.1 Å². The second-order valence-corrected chi connectivity index (χ2v) is 6.16. The molecule has 0 bridgehead atoms. The fourth-order valence-electron chi connectivity index (χ4n) is 2.45. The first kappa shape index (κ1) is 14.1. The molecule has 116 valence electrons. The van der Waals surface area contributed by atoms with Crippen molar-refractivity contribution in [2.75, 3.05) is 17.6 Å². The Balaban J connectivity index is 1.51. The van der Waals surface area contributed by atoms with Crippen molar-refractivity contribution in [2.24, 2.45) is 7.05 Å². The summed E-state index contributed by atoms with van der Waals surface area (Å²) >= 11 is 1.70. The van der Waals surface area contributed by atoms with Gasteiger partial charge in [-0.1, -0.05) is 23.9 Å². The smallest absolute Gasteiger partial charge is 0.196 e. The number of anilines is 1. The highest BCUT2D eigenvalue weighted by atomic mass is 32.2. The fourth-order valence-corrected chi connectivity index (χ4v) is 3.24. The number of nitrogens with one attached hydrogen (secondary N) is 1. The molecule has 0 saturated carbocycles. The summed E-state index contributed by atoms with van der Waals surface area (Å²) in [6.07, 6.45) is 5.31. The molecule has 0 fully saturated rings. The van der Waals surface area contributed by atoms with E-state index >= 15 is 0 Å². The third kappa shape index (κ3) is 2.63. The zero-order valence-corrected chi connectivity index (χ0v) is 13.4. The van der Waals surface area contributed by atoms with Crippen LogP contribution in [0.5, 0.6) is 0 Å². The summed E-state index contributed by atoms with van der Waals surface area (Å²) in [5.41, 5.74) is 2.37. The van der Waals surface area contributed by atoms with E-state index in [9.17, 15) is 0 Å². The second kappa shape index (κ2) is 5.92. The summed E-state index contributed by atoms with van der Waals surface area (Å²) in [7, 11) is 1.99. The van der Waals surface area contributed by atoms with Crippen LogP contribution in [0.3, 0.4) is 0 Å². The summed E-state index contributed by atoms with van der Waals surface area (Å²) in [4.78, 5) is 12.9. The van der Waals surface area contributed by atoms with Gasteiger partial charge in [0.2, 0.25) is 0 Å². The normalized spacial score (nSPS) is 11.3. The van der Waals surface area contributed by atoms with Gasteiger partial charge in [-0.15, -0.1) is 0 Å². The number of imidazole rings is 1. The van der Waals surface area contributed by atoms with Crippen LogP contribution in [0.4, 0.5) is 5.82 Å². The van der Waals surface area contributed by atoms with Crippen molar-refractivity contribution in [3.8, 4) is 0 Å². The molecule has 0 radical (unpaired) electrons. The van der Waals surface area contributed by atoms with E-state index in [2.05, 4.69) is 20.3 Å². The molecule has 0 aliphatic rings. The van der Waals surface area contributed by atoms with E-state index < -0.39 is 0 Å². The average molecular weight is 325 g/mol. The number of hydrogen-bond acceptors (Lipinski definition) is 6. The molecule has 0 unspecified atom stereocenters. The van der Waals surface area contributed by atoms with E-state index in [0.717, 1.165) is 39.8 Å². The molecule has 23 heavy (non-hydrogen) atoms.